The van der Waals surface area contributed by atoms with Gasteiger partial charge in [-0.2, -0.15) is 0 Å². The van der Waals surface area contributed by atoms with Crippen molar-refractivity contribution in [3.63, 3.8) is 0 Å². The van der Waals surface area contributed by atoms with Gasteiger partial charge in [0.1, 0.15) is 45.9 Å². The number of para-hydroxylation sites is 2. The van der Waals surface area contributed by atoms with Crippen LogP contribution < -0.4 is 18.9 Å². The van der Waals surface area contributed by atoms with Crippen LogP contribution in [-0.4, -0.2) is 95.3 Å². The monoisotopic (exact) mass is 1090 g/mol. The van der Waals surface area contributed by atoms with Crippen molar-refractivity contribution in [2.24, 2.45) is 0 Å². The van der Waals surface area contributed by atoms with Gasteiger partial charge in [0.05, 0.1) is 51.5 Å². The van der Waals surface area contributed by atoms with E-state index in [4.69, 9.17) is 27.8 Å². The summed E-state index contributed by atoms with van der Waals surface area (Å²) < 4.78 is 91.6. The van der Waals surface area contributed by atoms with Crippen molar-refractivity contribution in [3.05, 3.63) is 142 Å². The Kier molecular flexibility index (Phi) is 15.8. The van der Waals surface area contributed by atoms with E-state index in [9.17, 15) is 16.8 Å². The average molecular weight is 1090 g/mol. The van der Waals surface area contributed by atoms with Crippen LogP contribution in [0.1, 0.15) is 36.9 Å². The van der Waals surface area contributed by atoms with Gasteiger partial charge in [-0.1, -0.05) is 12.1 Å². The first kappa shape index (κ1) is 49.5. The molecule has 0 N–H and O–H groups in total. The molecule has 0 unspecified atom stereocenters. The highest BCUT2D eigenvalue weighted by Gasteiger charge is 2.31. The van der Waals surface area contributed by atoms with E-state index in [2.05, 4.69) is 62.2 Å². The van der Waals surface area contributed by atoms with Crippen LogP contribution in [0.4, 0.5) is 0 Å². The number of hydrogen-bond acceptors (Lipinski definition) is 16. The standard InChI is InChI=1S/2C23H23BrN4O5S/c2*1-15(12-17-10-9-16(24)13-25-17)34(29,30)14-21-26-27-23(20-8-5-11-33-20)28(21)22-18(31-2)6-4-7-19(22)32-3/h2*4-11,13,15H,12,14H2,1-3H3/t2*15-/m10/s1. The van der Waals surface area contributed by atoms with Crippen LogP contribution in [-0.2, 0) is 44.0 Å². The van der Waals surface area contributed by atoms with E-state index in [1.807, 2.05) is 12.1 Å². The number of hydrogen-bond donors (Lipinski definition) is 0. The van der Waals surface area contributed by atoms with E-state index in [1.165, 1.54) is 41.0 Å². The summed E-state index contributed by atoms with van der Waals surface area (Å²) in [5, 5.41) is 15.6. The summed E-state index contributed by atoms with van der Waals surface area (Å²) in [7, 11) is -1.16. The highest BCUT2D eigenvalue weighted by Crippen LogP contribution is 2.38. The van der Waals surface area contributed by atoms with Gasteiger partial charge >= 0.3 is 0 Å². The molecule has 68 heavy (non-hydrogen) atoms. The van der Waals surface area contributed by atoms with Crippen LogP contribution in [0.3, 0.4) is 0 Å². The Balaban J connectivity index is 0.000000201. The molecule has 0 bridgehead atoms. The third-order valence-corrected chi connectivity index (χ3v) is 15.7. The number of furan rings is 2. The molecule has 0 fully saturated rings. The Bertz CT molecular complexity index is 2910. The van der Waals surface area contributed by atoms with Crippen LogP contribution in [0, 0.1) is 0 Å². The van der Waals surface area contributed by atoms with Gasteiger partial charge in [-0.25, -0.2) is 16.8 Å². The van der Waals surface area contributed by atoms with Crippen molar-refractivity contribution in [2.45, 2.75) is 48.7 Å². The molecule has 0 saturated heterocycles. The Labute approximate surface area is 409 Å². The van der Waals surface area contributed by atoms with Crippen LogP contribution in [0.15, 0.2) is 128 Å². The van der Waals surface area contributed by atoms with E-state index in [0.717, 1.165) is 8.95 Å². The fraction of sp³-hybridized carbons (Fsp3) is 0.261. The van der Waals surface area contributed by atoms with Gasteiger partial charge in [-0.15, -0.1) is 20.4 Å². The molecule has 0 spiro atoms. The first-order valence-corrected chi connectivity index (χ1v) is 25.7. The number of pyridine rings is 2. The molecule has 6 aromatic heterocycles. The second kappa shape index (κ2) is 21.7. The lowest BCUT2D eigenvalue weighted by atomic mass is 10.2. The molecular formula is C46H46Br2N8O10S2. The maximum absolute atomic E-state index is 13.4. The van der Waals surface area contributed by atoms with Crippen molar-refractivity contribution < 1.29 is 44.6 Å². The molecule has 356 valence electrons. The van der Waals surface area contributed by atoms with Crippen molar-refractivity contribution in [1.82, 2.24) is 39.5 Å². The lowest BCUT2D eigenvalue weighted by molar-refractivity contribution is 0.390. The lowest BCUT2D eigenvalue weighted by Crippen LogP contribution is -2.24. The fourth-order valence-corrected chi connectivity index (χ4v) is 10.0. The van der Waals surface area contributed by atoms with Gasteiger partial charge < -0.3 is 27.8 Å². The minimum absolute atomic E-state index is 0.213. The summed E-state index contributed by atoms with van der Waals surface area (Å²) in [5.41, 5.74) is 2.33. The molecule has 0 aliphatic carbocycles. The summed E-state index contributed by atoms with van der Waals surface area (Å²) >= 11 is 6.68. The van der Waals surface area contributed by atoms with Crippen molar-refractivity contribution in [3.8, 4) is 57.5 Å². The first-order chi connectivity index (χ1) is 32.7. The molecule has 2 atom stereocenters. The van der Waals surface area contributed by atoms with E-state index in [1.54, 1.807) is 108 Å². The summed E-state index contributed by atoms with van der Waals surface area (Å²) in [6.07, 6.45) is 6.86. The van der Waals surface area contributed by atoms with E-state index < -0.39 is 30.2 Å². The summed E-state index contributed by atoms with van der Waals surface area (Å²) in [5.74, 6) is 3.13. The predicted octanol–water partition coefficient (Wildman–Crippen LogP) is 8.50. The Morgan fingerprint density at radius 2 is 0.897 bits per heavy atom. The number of nitrogens with zero attached hydrogens (tertiary/aromatic N) is 8. The van der Waals surface area contributed by atoms with Crippen LogP contribution >= 0.6 is 31.9 Å². The molecule has 22 heteroatoms. The predicted molar refractivity (Wildman–Crippen MR) is 260 cm³/mol. The SMILES string of the molecule is COc1cccc(OC)c1-n1c(CS(=O)(=O)[C@@H](C)Cc2ccc(Br)cn2)nnc1-c1ccco1.COc1cccc(OC)c1-n1c(CS(=O)(=O)[C@H](C)Cc2ccc(Br)cn2)nnc1-c1ccco1. The third-order valence-electron chi connectivity index (χ3n) is 10.7. The maximum Gasteiger partial charge on any atom is 0.204 e. The van der Waals surface area contributed by atoms with Gasteiger partial charge in [0.2, 0.25) is 11.6 Å². The van der Waals surface area contributed by atoms with E-state index in [0.29, 0.717) is 68.9 Å². The quantitative estimate of drug-likeness (QED) is 0.0786. The number of halogens is 2. The molecule has 0 aliphatic rings. The normalized spacial score (nSPS) is 12.5. The van der Waals surface area contributed by atoms with Gasteiger partial charge in [-0.3, -0.25) is 19.1 Å². The van der Waals surface area contributed by atoms with Gasteiger partial charge in [0.25, 0.3) is 0 Å². The number of ether oxygens (including phenoxy) is 4. The zero-order chi connectivity index (χ0) is 48.6. The second-order valence-electron chi connectivity index (χ2n) is 15.1. The number of aromatic nitrogens is 8. The van der Waals surface area contributed by atoms with Crippen LogP contribution in [0.2, 0.25) is 0 Å². The smallest absolute Gasteiger partial charge is 0.204 e. The van der Waals surface area contributed by atoms with Crippen LogP contribution in [0.5, 0.6) is 23.0 Å². The van der Waals surface area contributed by atoms with Crippen molar-refractivity contribution >= 4 is 51.5 Å². The number of benzene rings is 2. The van der Waals surface area contributed by atoms with Crippen molar-refractivity contribution in [2.75, 3.05) is 28.4 Å². The summed E-state index contributed by atoms with van der Waals surface area (Å²) in [6.45, 7) is 3.33. The number of methoxy groups -OCH3 is 4. The van der Waals surface area contributed by atoms with Gasteiger partial charge in [-0.05, 0) is 119 Å². The van der Waals surface area contributed by atoms with Crippen LogP contribution in [0.25, 0.3) is 34.5 Å². The summed E-state index contributed by atoms with van der Waals surface area (Å²) in [4.78, 5) is 8.59. The summed E-state index contributed by atoms with van der Waals surface area (Å²) in [6, 6.07) is 24.7. The molecule has 2 aromatic carbocycles. The molecule has 6 heterocycles. The zero-order valence-electron chi connectivity index (χ0n) is 37.6. The Morgan fingerprint density at radius 3 is 1.19 bits per heavy atom. The third kappa shape index (κ3) is 11.1. The van der Waals surface area contributed by atoms with E-state index in [-0.39, 0.29) is 36.0 Å². The molecule has 0 saturated carbocycles. The second-order valence-corrected chi connectivity index (χ2v) is 21.8. The minimum atomic E-state index is -3.63. The molecule has 18 nitrogen and oxygen atoms in total. The molecule has 8 rings (SSSR count). The molecule has 8 aromatic rings. The minimum Gasteiger partial charge on any atom is -0.494 e. The molecule has 0 amide bonds. The highest BCUT2D eigenvalue weighted by molar-refractivity contribution is 9.10. The average Bonchev–Trinajstić information content (AvgIpc) is 4.19. The molecule has 0 aliphatic heterocycles. The Morgan fingerprint density at radius 1 is 0.529 bits per heavy atom. The largest absolute Gasteiger partial charge is 0.494 e. The van der Waals surface area contributed by atoms with E-state index >= 15 is 0 Å². The molecular weight excluding hydrogens is 1050 g/mol. The highest BCUT2D eigenvalue weighted by atomic mass is 79.9. The topological polar surface area (TPSA) is 219 Å². The van der Waals surface area contributed by atoms with Gasteiger partial charge in [0.15, 0.2) is 42.8 Å². The maximum atomic E-state index is 13.4. The van der Waals surface area contributed by atoms with Gasteiger partial charge in [0, 0.05) is 45.6 Å². The number of sulfone groups is 2. The fourth-order valence-electron chi connectivity index (χ4n) is 7.07. The first-order valence-electron chi connectivity index (χ1n) is 20.7. The number of rotatable bonds is 18. The molecule has 0 radical (unpaired) electrons. The zero-order valence-corrected chi connectivity index (χ0v) is 42.4. The Hall–Kier alpha value is -6.36. The van der Waals surface area contributed by atoms with Crippen molar-refractivity contribution in [1.29, 1.82) is 0 Å². The lowest BCUT2D eigenvalue weighted by Gasteiger charge is -2.18.